The van der Waals surface area contributed by atoms with Gasteiger partial charge in [-0.3, -0.25) is 14.2 Å². The van der Waals surface area contributed by atoms with Crippen LogP contribution in [0.4, 0.5) is 0 Å². The fourth-order valence-corrected chi connectivity index (χ4v) is 4.54. The van der Waals surface area contributed by atoms with Gasteiger partial charge in [-0.2, -0.15) is 0 Å². The van der Waals surface area contributed by atoms with Crippen molar-refractivity contribution < 1.29 is 52.7 Å². The molecule has 0 spiro atoms. The summed E-state index contributed by atoms with van der Waals surface area (Å²) in [4.78, 5) is 52.7. The van der Waals surface area contributed by atoms with Crippen molar-refractivity contribution >= 4 is 25.9 Å². The third kappa shape index (κ3) is 33.5. The third-order valence-corrected chi connectivity index (χ3v) is 7.37. The second kappa shape index (κ2) is 28.3. The summed E-state index contributed by atoms with van der Waals surface area (Å²) in [5.74, 6) is -0.987. The van der Waals surface area contributed by atoms with Gasteiger partial charge in [0, 0.05) is 19.3 Å². The molecule has 1 unspecified atom stereocenters. The Balaban J connectivity index is 0. The van der Waals surface area contributed by atoms with Gasteiger partial charge in [0.15, 0.2) is 11.9 Å². The summed E-state index contributed by atoms with van der Waals surface area (Å²) in [6.07, 6.45) is 17.4. The summed E-state index contributed by atoms with van der Waals surface area (Å²) in [6.45, 7) is 2.14. The van der Waals surface area contributed by atoms with Gasteiger partial charge in [0.1, 0.15) is 25.5 Å². The van der Waals surface area contributed by atoms with Crippen molar-refractivity contribution in [3.05, 3.63) is 0 Å². The molecule has 0 rings (SSSR count). The molecule has 3 atom stereocenters. The van der Waals surface area contributed by atoms with Crippen molar-refractivity contribution in [2.75, 3.05) is 40.9 Å². The molecule has 0 radical (unpaired) electrons. The number of aldehydes is 1. The number of aliphatic hydroxyl groups is 2. The van der Waals surface area contributed by atoms with Gasteiger partial charge in [0.05, 0.1) is 27.7 Å². The number of rotatable bonds is 28. The van der Waals surface area contributed by atoms with Crippen LogP contribution in [-0.4, -0.2) is 90.7 Å². The third-order valence-electron chi connectivity index (χ3n) is 6.86. The number of likely N-dealkylation sites (N-methyl/N-ethyl adjacent to an activating group) is 1. The van der Waals surface area contributed by atoms with E-state index >= 15 is 0 Å². The van der Waals surface area contributed by atoms with Gasteiger partial charge >= 0.3 is 5.97 Å². The summed E-state index contributed by atoms with van der Waals surface area (Å²) < 4.78 is 19.9. The van der Waals surface area contributed by atoms with E-state index in [0.29, 0.717) is 30.2 Å². The monoisotopic (exact) mass is 639 g/mol. The Labute approximate surface area is 260 Å². The van der Waals surface area contributed by atoms with Gasteiger partial charge in [-0.25, -0.2) is 0 Å². The molecule has 3 N–H and O–H groups in total. The maximum atomic E-state index is 12.1. The van der Waals surface area contributed by atoms with Gasteiger partial charge in [-0.1, -0.05) is 96.8 Å². The molecule has 43 heavy (non-hydrogen) atoms. The quantitative estimate of drug-likeness (QED) is 0.0361. The fourth-order valence-electron chi connectivity index (χ4n) is 4.23. The molecule has 0 saturated carbocycles. The Kier molecular flexibility index (Phi) is 28.9. The highest BCUT2D eigenvalue weighted by Crippen LogP contribution is 2.29. The molecule has 0 heterocycles. The van der Waals surface area contributed by atoms with Crippen LogP contribution in [0.15, 0.2) is 0 Å². The zero-order valence-electron chi connectivity index (χ0n) is 27.4. The Hall–Kier alpha value is -1.20. The lowest BCUT2D eigenvalue weighted by atomic mass is 10.0. The molecule has 0 fully saturated rings. The zero-order chi connectivity index (χ0) is 33.0. The van der Waals surface area contributed by atoms with Crippen LogP contribution in [0, 0.1) is 0 Å². The standard InChI is InChI=1S/C26H48O6.C5H14NO4P/c1-2-3-4-5-6-7-8-9-10-11-12-13-14-15-16-20-25(31)32-26(24(30)22-28)23(29)19-17-18-21-27;1-6(2,3)4-5-10-11(7,8)9/h21,24,26,28,30H,2-20,22H2,1H3;4-5H2,1-3H3,(H-,7,8,9)/t24-,26+;/m0./s1. The van der Waals surface area contributed by atoms with Gasteiger partial charge in [0.25, 0.3) is 7.82 Å². The van der Waals surface area contributed by atoms with E-state index in [0.717, 1.165) is 12.8 Å². The Morgan fingerprint density at radius 1 is 0.837 bits per heavy atom. The number of ketones is 1. The molecule has 0 aliphatic rings. The van der Waals surface area contributed by atoms with E-state index in [4.69, 9.17) is 14.7 Å². The minimum atomic E-state index is -4.51. The molecule has 0 aliphatic carbocycles. The lowest BCUT2D eigenvalue weighted by Gasteiger charge is -2.25. The molecular weight excluding hydrogens is 577 g/mol. The Morgan fingerprint density at radius 3 is 1.70 bits per heavy atom. The maximum Gasteiger partial charge on any atom is 0.306 e. The second-order valence-electron chi connectivity index (χ2n) is 12.2. The predicted molar refractivity (Wildman–Crippen MR) is 166 cm³/mol. The number of hydrogen-bond acceptors (Lipinski definition) is 9. The van der Waals surface area contributed by atoms with Crippen molar-refractivity contribution in [1.29, 1.82) is 0 Å². The zero-order valence-corrected chi connectivity index (χ0v) is 28.3. The number of ether oxygens (including phenoxy) is 1. The number of unbranched alkanes of at least 4 members (excludes halogenated alkanes) is 15. The Bertz CT molecular complexity index is 739. The predicted octanol–water partition coefficient (Wildman–Crippen LogP) is 4.62. The van der Waals surface area contributed by atoms with E-state index in [1.807, 2.05) is 21.1 Å². The molecule has 256 valence electrons. The van der Waals surface area contributed by atoms with E-state index in [9.17, 15) is 28.9 Å². The van der Waals surface area contributed by atoms with Crippen LogP contribution in [0.5, 0.6) is 0 Å². The number of nitrogens with zero attached hydrogens (tertiary/aromatic N) is 1. The van der Waals surface area contributed by atoms with E-state index in [1.54, 1.807) is 0 Å². The summed E-state index contributed by atoms with van der Waals surface area (Å²) in [5, 5.41) is 18.9. The summed E-state index contributed by atoms with van der Waals surface area (Å²) in [6, 6.07) is 0. The number of Topliss-reactive ketones (excluding diaryl/α,β-unsaturated/α-hetero) is 1. The first-order valence-electron chi connectivity index (χ1n) is 16.2. The highest BCUT2D eigenvalue weighted by atomic mass is 31.2. The number of carbonyl (C=O) groups excluding carboxylic acids is 3. The van der Waals surface area contributed by atoms with Crippen LogP contribution in [0.2, 0.25) is 0 Å². The first-order valence-corrected chi connectivity index (χ1v) is 17.7. The first kappa shape index (κ1) is 43.9. The van der Waals surface area contributed by atoms with E-state index < -0.39 is 38.4 Å². The van der Waals surface area contributed by atoms with E-state index in [1.165, 1.54) is 77.0 Å². The van der Waals surface area contributed by atoms with Crippen molar-refractivity contribution in [2.24, 2.45) is 0 Å². The van der Waals surface area contributed by atoms with Crippen molar-refractivity contribution in [3.8, 4) is 0 Å². The maximum absolute atomic E-state index is 12.1. The number of carbonyl (C=O) groups is 3. The normalized spacial score (nSPS) is 14.2. The topological polar surface area (TPSA) is 170 Å². The lowest BCUT2D eigenvalue weighted by Crippen LogP contribution is -2.40. The Morgan fingerprint density at radius 2 is 1.30 bits per heavy atom. The summed E-state index contributed by atoms with van der Waals surface area (Å²) in [7, 11) is 1.19. The van der Waals surface area contributed by atoms with E-state index in [2.05, 4.69) is 11.4 Å². The number of phosphoric ester groups is 1. The fraction of sp³-hybridized carbons (Fsp3) is 0.903. The molecule has 12 heteroatoms. The average molecular weight is 640 g/mol. The van der Waals surface area contributed by atoms with E-state index in [-0.39, 0.29) is 25.9 Å². The van der Waals surface area contributed by atoms with Crippen molar-refractivity contribution in [1.82, 2.24) is 0 Å². The highest BCUT2D eigenvalue weighted by Gasteiger charge is 2.29. The molecule has 0 aromatic rings. The van der Waals surface area contributed by atoms with Crippen molar-refractivity contribution in [2.45, 2.75) is 141 Å². The van der Waals surface area contributed by atoms with Gasteiger partial charge in [-0.05, 0) is 12.8 Å². The molecular formula is C31H62NO10P. The SMILES string of the molecule is CCCCCCCCCCCCCCCCCC(=O)O[C@H](C(=O)CCCC=O)[C@@H](O)CO.C[N+](C)(C)CCOP(=O)([O-])O. The highest BCUT2D eigenvalue weighted by molar-refractivity contribution is 7.44. The minimum Gasteiger partial charge on any atom is -0.756 e. The van der Waals surface area contributed by atoms with Crippen molar-refractivity contribution in [3.63, 3.8) is 0 Å². The largest absolute Gasteiger partial charge is 0.756 e. The lowest BCUT2D eigenvalue weighted by molar-refractivity contribution is -0.870. The molecule has 0 bridgehead atoms. The molecule has 11 nitrogen and oxygen atoms in total. The first-order chi connectivity index (χ1) is 20.3. The second-order valence-corrected chi connectivity index (χ2v) is 13.4. The molecule has 0 amide bonds. The van der Waals surface area contributed by atoms with Crippen LogP contribution in [0.1, 0.15) is 129 Å². The molecule has 0 saturated heterocycles. The van der Waals surface area contributed by atoms with Crippen LogP contribution in [-0.2, 0) is 28.2 Å². The smallest absolute Gasteiger partial charge is 0.306 e. The van der Waals surface area contributed by atoms with Gasteiger partial charge in [0.2, 0.25) is 0 Å². The summed E-state index contributed by atoms with van der Waals surface area (Å²) in [5.41, 5.74) is 0. The average Bonchev–Trinajstić information content (AvgIpc) is 2.92. The van der Waals surface area contributed by atoms with Crippen LogP contribution in [0.25, 0.3) is 0 Å². The number of hydrogen-bond donors (Lipinski definition) is 3. The van der Waals surface area contributed by atoms with Crippen LogP contribution in [0.3, 0.4) is 0 Å². The number of esters is 1. The van der Waals surface area contributed by atoms with Crippen LogP contribution >= 0.6 is 7.82 Å². The van der Waals surface area contributed by atoms with Crippen LogP contribution < -0.4 is 4.89 Å². The van der Waals surface area contributed by atoms with Gasteiger partial charge in [-0.15, -0.1) is 0 Å². The number of phosphoric acid groups is 1. The number of quaternary nitrogens is 1. The van der Waals surface area contributed by atoms with Gasteiger partial charge < -0.3 is 38.5 Å². The molecule has 0 aromatic heterocycles. The number of aliphatic hydroxyl groups excluding tert-OH is 2. The summed E-state index contributed by atoms with van der Waals surface area (Å²) >= 11 is 0. The molecule has 0 aliphatic heterocycles. The molecule has 0 aromatic carbocycles. The minimum absolute atomic E-state index is 0.0147.